The topological polar surface area (TPSA) is 77.5 Å². The highest BCUT2D eigenvalue weighted by molar-refractivity contribution is 7.98. The van der Waals surface area contributed by atoms with Gasteiger partial charge in [-0.1, -0.05) is 48.2 Å². The number of fused-ring (bicyclic) bond motifs is 2. The van der Waals surface area contributed by atoms with Crippen molar-refractivity contribution in [2.45, 2.75) is 31.2 Å². The zero-order valence-electron chi connectivity index (χ0n) is 17.2. The lowest BCUT2D eigenvalue weighted by Crippen LogP contribution is -2.14. The maximum atomic E-state index is 12.3. The third-order valence-corrected chi connectivity index (χ3v) is 6.10. The van der Waals surface area contributed by atoms with Crippen LogP contribution in [0.1, 0.15) is 28.2 Å². The van der Waals surface area contributed by atoms with Crippen LogP contribution in [0.25, 0.3) is 11.4 Å². The number of hydrogen-bond acceptors (Lipinski definition) is 6. The number of thioether (sulfide) groups is 1. The van der Waals surface area contributed by atoms with Gasteiger partial charge in [0, 0.05) is 35.8 Å². The van der Waals surface area contributed by atoms with Crippen LogP contribution in [0.15, 0.2) is 70.7 Å². The molecular formula is C23H20N6OS. The van der Waals surface area contributed by atoms with Gasteiger partial charge < -0.3 is 0 Å². The molecule has 0 atom stereocenters. The largest absolute Gasteiger partial charge is 0.269 e. The zero-order valence-corrected chi connectivity index (χ0v) is 18.0. The molecule has 8 heteroatoms. The molecule has 0 aliphatic heterocycles. The van der Waals surface area contributed by atoms with E-state index in [-0.39, 0.29) is 5.56 Å². The average Bonchev–Trinajstić information content (AvgIpc) is 3.19. The Balaban J connectivity index is 1.42. The van der Waals surface area contributed by atoms with Crippen LogP contribution in [0, 0.1) is 13.8 Å². The molecule has 0 bridgehead atoms. The van der Waals surface area contributed by atoms with Crippen molar-refractivity contribution in [3.63, 3.8) is 0 Å². The van der Waals surface area contributed by atoms with Gasteiger partial charge >= 0.3 is 0 Å². The molecule has 4 aromatic heterocycles. The van der Waals surface area contributed by atoms with Crippen LogP contribution in [0.3, 0.4) is 0 Å². The quantitative estimate of drug-likeness (QED) is 0.398. The smallest absolute Gasteiger partial charge is 0.258 e. The van der Waals surface area contributed by atoms with Gasteiger partial charge in [0.15, 0.2) is 0 Å². The van der Waals surface area contributed by atoms with E-state index in [9.17, 15) is 4.79 Å². The number of nitrogens with zero attached hydrogens (tertiary/aromatic N) is 6. The van der Waals surface area contributed by atoms with Crippen molar-refractivity contribution in [2.24, 2.45) is 0 Å². The van der Waals surface area contributed by atoms with Gasteiger partial charge in [-0.15, -0.1) is 5.10 Å². The van der Waals surface area contributed by atoms with E-state index in [0.717, 1.165) is 23.4 Å². The molecule has 5 rings (SSSR count). The molecule has 4 heterocycles. The summed E-state index contributed by atoms with van der Waals surface area (Å²) in [6.07, 6.45) is 2.52. The first kappa shape index (κ1) is 19.4. The number of aryl methyl sites for hydroxylation is 2. The van der Waals surface area contributed by atoms with E-state index in [1.165, 1.54) is 21.7 Å². The molecular weight excluding hydrogens is 408 g/mol. The van der Waals surface area contributed by atoms with Crippen LogP contribution < -0.4 is 5.56 Å². The molecule has 0 aliphatic carbocycles. The Morgan fingerprint density at radius 2 is 1.77 bits per heavy atom. The van der Waals surface area contributed by atoms with Gasteiger partial charge in [0.25, 0.3) is 11.3 Å². The van der Waals surface area contributed by atoms with E-state index in [2.05, 4.69) is 39.1 Å². The van der Waals surface area contributed by atoms with Crippen LogP contribution in [-0.4, -0.2) is 29.0 Å². The SMILES string of the molecule is Cc1nc2nc(SCc3cc(=O)n4ccccc4n3)nn2c(C)c1Cc1ccccc1. The average molecular weight is 429 g/mol. The summed E-state index contributed by atoms with van der Waals surface area (Å²) >= 11 is 1.45. The molecule has 0 amide bonds. The summed E-state index contributed by atoms with van der Waals surface area (Å²) in [5.74, 6) is 1.09. The third kappa shape index (κ3) is 3.82. The van der Waals surface area contributed by atoms with Crippen LogP contribution in [0.4, 0.5) is 0 Å². The third-order valence-electron chi connectivity index (χ3n) is 5.23. The Morgan fingerprint density at radius 1 is 0.968 bits per heavy atom. The van der Waals surface area contributed by atoms with Gasteiger partial charge in [0.05, 0.1) is 5.69 Å². The van der Waals surface area contributed by atoms with Crippen molar-refractivity contribution in [2.75, 3.05) is 0 Å². The highest BCUT2D eigenvalue weighted by Crippen LogP contribution is 2.22. The van der Waals surface area contributed by atoms with Crippen LogP contribution in [0.5, 0.6) is 0 Å². The molecule has 1 aromatic carbocycles. The van der Waals surface area contributed by atoms with Gasteiger partial charge in [-0.2, -0.15) is 4.98 Å². The lowest BCUT2D eigenvalue weighted by Gasteiger charge is -2.10. The summed E-state index contributed by atoms with van der Waals surface area (Å²) in [5, 5.41) is 5.26. The minimum Gasteiger partial charge on any atom is -0.269 e. The molecule has 0 fully saturated rings. The van der Waals surface area contributed by atoms with Crippen LogP contribution in [-0.2, 0) is 12.2 Å². The number of rotatable bonds is 5. The van der Waals surface area contributed by atoms with E-state index in [4.69, 9.17) is 0 Å². The number of hydrogen-bond donors (Lipinski definition) is 0. The molecule has 0 radical (unpaired) electrons. The fourth-order valence-corrected chi connectivity index (χ4v) is 4.33. The number of pyridine rings is 1. The number of benzene rings is 1. The molecule has 0 saturated carbocycles. The van der Waals surface area contributed by atoms with Gasteiger partial charge in [0.1, 0.15) is 5.65 Å². The standard InChI is InChI=1S/C23H20N6OS/c1-15-19(12-17-8-4-3-5-9-17)16(2)29-22(24-15)26-23(27-29)31-14-18-13-21(30)28-11-7-6-10-20(28)25-18/h3-11,13H,12,14H2,1-2H3. The normalized spacial score (nSPS) is 11.4. The summed E-state index contributed by atoms with van der Waals surface area (Å²) < 4.78 is 3.33. The Kier molecular flexibility index (Phi) is 4.99. The minimum absolute atomic E-state index is 0.0946. The second-order valence-corrected chi connectivity index (χ2v) is 8.28. The molecule has 0 N–H and O–H groups in total. The molecule has 0 aliphatic rings. The Morgan fingerprint density at radius 3 is 2.61 bits per heavy atom. The van der Waals surface area contributed by atoms with Gasteiger partial charge in [0.2, 0.25) is 5.16 Å². The molecule has 154 valence electrons. The molecule has 7 nitrogen and oxygen atoms in total. The first-order valence-electron chi connectivity index (χ1n) is 9.95. The Labute approximate surface area is 182 Å². The Hall–Kier alpha value is -3.52. The first-order chi connectivity index (χ1) is 15.1. The second-order valence-electron chi connectivity index (χ2n) is 7.33. The van der Waals surface area contributed by atoms with E-state index in [0.29, 0.717) is 28.0 Å². The fourth-order valence-electron chi connectivity index (χ4n) is 3.62. The van der Waals surface area contributed by atoms with Crippen LogP contribution in [0.2, 0.25) is 0 Å². The van der Waals surface area contributed by atoms with E-state index < -0.39 is 0 Å². The van der Waals surface area contributed by atoms with Gasteiger partial charge in [-0.05, 0) is 37.1 Å². The van der Waals surface area contributed by atoms with Crippen molar-refractivity contribution in [1.82, 2.24) is 29.0 Å². The van der Waals surface area contributed by atoms with E-state index in [1.807, 2.05) is 43.3 Å². The van der Waals surface area contributed by atoms with E-state index in [1.54, 1.807) is 16.8 Å². The molecule has 0 spiro atoms. The maximum Gasteiger partial charge on any atom is 0.258 e. The second kappa shape index (κ2) is 7.96. The molecule has 31 heavy (non-hydrogen) atoms. The first-order valence-corrected chi connectivity index (χ1v) is 10.9. The minimum atomic E-state index is -0.0946. The molecule has 0 unspecified atom stereocenters. The predicted octanol–water partition coefficient (Wildman–Crippen LogP) is 3.63. The lowest BCUT2D eigenvalue weighted by atomic mass is 10.0. The fraction of sp³-hybridized carbons (Fsp3) is 0.174. The molecule has 5 aromatic rings. The maximum absolute atomic E-state index is 12.3. The Bertz CT molecular complexity index is 1460. The van der Waals surface area contributed by atoms with E-state index >= 15 is 0 Å². The molecule has 0 saturated heterocycles. The monoisotopic (exact) mass is 428 g/mol. The predicted molar refractivity (Wildman–Crippen MR) is 121 cm³/mol. The highest BCUT2D eigenvalue weighted by Gasteiger charge is 2.14. The van der Waals surface area contributed by atoms with Crippen molar-refractivity contribution in [1.29, 1.82) is 0 Å². The number of aromatic nitrogens is 6. The summed E-state index contributed by atoms with van der Waals surface area (Å²) in [7, 11) is 0. The summed E-state index contributed by atoms with van der Waals surface area (Å²) in [4.78, 5) is 26.1. The van der Waals surface area contributed by atoms with Gasteiger partial charge in [-0.3, -0.25) is 9.20 Å². The summed E-state index contributed by atoms with van der Waals surface area (Å²) in [5.41, 5.74) is 5.62. The van der Waals surface area contributed by atoms with Crippen LogP contribution >= 0.6 is 11.8 Å². The van der Waals surface area contributed by atoms with Crippen molar-refractivity contribution in [3.8, 4) is 0 Å². The zero-order chi connectivity index (χ0) is 21.4. The van der Waals surface area contributed by atoms with Crippen molar-refractivity contribution in [3.05, 3.63) is 99.4 Å². The van der Waals surface area contributed by atoms with Crippen molar-refractivity contribution < 1.29 is 0 Å². The summed E-state index contributed by atoms with van der Waals surface area (Å²) in [6.45, 7) is 4.06. The van der Waals surface area contributed by atoms with Gasteiger partial charge in [-0.25, -0.2) is 14.5 Å². The lowest BCUT2D eigenvalue weighted by molar-refractivity contribution is 0.823. The summed E-state index contributed by atoms with van der Waals surface area (Å²) in [6, 6.07) is 17.4. The highest BCUT2D eigenvalue weighted by atomic mass is 32.2. The van der Waals surface area contributed by atoms with Crippen molar-refractivity contribution >= 4 is 23.2 Å².